The summed E-state index contributed by atoms with van der Waals surface area (Å²) in [5.74, 6) is -0.677. The summed E-state index contributed by atoms with van der Waals surface area (Å²) < 4.78 is 23.2. The van der Waals surface area contributed by atoms with Gasteiger partial charge in [0.15, 0.2) is 0 Å². The second-order valence-electron chi connectivity index (χ2n) is 6.80. The van der Waals surface area contributed by atoms with Crippen LogP contribution in [0.4, 0.5) is 4.39 Å². The highest BCUT2D eigenvalue weighted by atomic mass is 19.1. The lowest BCUT2D eigenvalue weighted by Crippen LogP contribution is -2.24. The maximum Gasteiger partial charge on any atom is 0.319 e. The third kappa shape index (κ3) is 4.54. The lowest BCUT2D eigenvalue weighted by atomic mass is 10.1. The highest BCUT2D eigenvalue weighted by molar-refractivity contribution is 5.72. The van der Waals surface area contributed by atoms with Crippen molar-refractivity contribution < 1.29 is 13.9 Å². The Kier molecular flexibility index (Phi) is 6.18. The Balaban J connectivity index is 1.67. The maximum absolute atomic E-state index is 14.7. The van der Waals surface area contributed by atoms with Crippen molar-refractivity contribution >= 4 is 5.97 Å². The van der Waals surface area contributed by atoms with Crippen molar-refractivity contribution in [2.24, 2.45) is 0 Å². The van der Waals surface area contributed by atoms with Crippen LogP contribution in [-0.2, 0) is 16.1 Å². The van der Waals surface area contributed by atoms with Crippen molar-refractivity contribution in [1.29, 1.82) is 0 Å². The smallest absolute Gasteiger partial charge is 0.319 e. The molecule has 0 unspecified atom stereocenters. The van der Waals surface area contributed by atoms with Gasteiger partial charge in [-0.15, -0.1) is 0 Å². The number of aromatic nitrogens is 4. The molecule has 0 amide bonds. The van der Waals surface area contributed by atoms with E-state index >= 15 is 0 Å². The van der Waals surface area contributed by atoms with Crippen LogP contribution in [0.5, 0.6) is 0 Å². The van der Waals surface area contributed by atoms with Crippen LogP contribution in [-0.4, -0.2) is 38.5 Å². The summed E-state index contributed by atoms with van der Waals surface area (Å²) in [6.45, 7) is 2.50. The Bertz CT molecular complexity index is 1150. The van der Waals surface area contributed by atoms with E-state index in [1.54, 1.807) is 48.5 Å². The van der Waals surface area contributed by atoms with Gasteiger partial charge in [-0.3, -0.25) is 4.79 Å². The van der Waals surface area contributed by atoms with E-state index in [0.717, 1.165) is 16.9 Å². The van der Waals surface area contributed by atoms with Crippen LogP contribution >= 0.6 is 0 Å². The molecule has 8 heteroatoms. The van der Waals surface area contributed by atoms with E-state index in [0.29, 0.717) is 24.4 Å². The molecule has 7 nitrogen and oxygen atoms in total. The van der Waals surface area contributed by atoms with Gasteiger partial charge in [0.25, 0.3) is 0 Å². The first-order chi connectivity index (χ1) is 15.2. The number of rotatable bonds is 8. The van der Waals surface area contributed by atoms with Crippen molar-refractivity contribution in [3.05, 3.63) is 84.8 Å². The quantitative estimate of drug-likeness (QED) is 0.443. The Morgan fingerprint density at radius 3 is 2.61 bits per heavy atom. The number of hydrogen-bond donors (Lipinski definition) is 1. The summed E-state index contributed by atoms with van der Waals surface area (Å²) >= 11 is 0. The summed E-state index contributed by atoms with van der Waals surface area (Å²) in [6, 6.07) is 14.3. The molecule has 0 radical (unpaired) electrons. The number of ether oxygens (including phenoxy) is 1. The minimum Gasteiger partial charge on any atom is -0.465 e. The molecule has 0 aliphatic carbocycles. The molecule has 0 spiro atoms. The fraction of sp³-hybridized carbons (Fsp3) is 0.174. The molecule has 0 aliphatic rings. The van der Waals surface area contributed by atoms with Crippen LogP contribution in [0.15, 0.2) is 73.4 Å². The average molecular weight is 419 g/mol. The van der Waals surface area contributed by atoms with Crippen molar-refractivity contribution in [3.8, 4) is 22.6 Å². The molecule has 0 bridgehead atoms. The molecule has 4 rings (SSSR count). The Morgan fingerprint density at radius 1 is 1.13 bits per heavy atom. The van der Waals surface area contributed by atoms with E-state index in [2.05, 4.69) is 15.4 Å². The van der Waals surface area contributed by atoms with Gasteiger partial charge in [0, 0.05) is 35.8 Å². The molecule has 0 fully saturated rings. The minimum atomic E-state index is -0.342. The van der Waals surface area contributed by atoms with Crippen LogP contribution in [0.25, 0.3) is 22.6 Å². The van der Waals surface area contributed by atoms with Crippen LogP contribution in [0.1, 0.15) is 12.5 Å². The monoisotopic (exact) mass is 419 g/mol. The maximum atomic E-state index is 14.7. The van der Waals surface area contributed by atoms with Gasteiger partial charge in [-0.1, -0.05) is 12.1 Å². The van der Waals surface area contributed by atoms with E-state index in [4.69, 9.17) is 4.74 Å². The molecule has 0 atom stereocenters. The predicted octanol–water partition coefficient (Wildman–Crippen LogP) is 3.52. The molecule has 0 aliphatic heterocycles. The van der Waals surface area contributed by atoms with E-state index in [1.165, 1.54) is 6.07 Å². The Hall–Kier alpha value is -3.78. The number of imidazole rings is 1. The van der Waals surface area contributed by atoms with Crippen molar-refractivity contribution in [2.45, 2.75) is 13.5 Å². The standard InChI is InChI=1S/C23H22FN5O2/c1-2-31-22(30)15-26-13-17-14-27-29(23(17)20-5-3-4-6-21(20)24)19-9-7-18(8-10-19)28-12-11-25-16-28/h3-12,14,16,26H,2,13,15H2,1H3. The van der Waals surface area contributed by atoms with Crippen molar-refractivity contribution in [1.82, 2.24) is 24.6 Å². The van der Waals surface area contributed by atoms with E-state index in [-0.39, 0.29) is 18.3 Å². The van der Waals surface area contributed by atoms with Gasteiger partial charge in [-0.25, -0.2) is 14.1 Å². The number of carbonyl (C=O) groups excluding carboxylic acids is 1. The zero-order valence-electron chi connectivity index (χ0n) is 17.0. The van der Waals surface area contributed by atoms with Gasteiger partial charge in [0.2, 0.25) is 0 Å². The molecule has 0 saturated heterocycles. The average Bonchev–Trinajstić information content (AvgIpc) is 3.45. The first-order valence-corrected chi connectivity index (χ1v) is 9.94. The number of benzene rings is 2. The molecule has 0 saturated carbocycles. The number of halogens is 1. The topological polar surface area (TPSA) is 74.0 Å². The molecule has 2 heterocycles. The fourth-order valence-corrected chi connectivity index (χ4v) is 3.34. The second kappa shape index (κ2) is 9.36. The van der Waals surface area contributed by atoms with Crippen LogP contribution < -0.4 is 5.32 Å². The Morgan fingerprint density at radius 2 is 1.90 bits per heavy atom. The third-order valence-electron chi connectivity index (χ3n) is 4.76. The SMILES string of the molecule is CCOC(=O)CNCc1cnn(-c2ccc(-n3ccnc3)cc2)c1-c1ccccc1F. The molecular formula is C23H22FN5O2. The largest absolute Gasteiger partial charge is 0.465 e. The Labute approximate surface area is 179 Å². The van der Waals surface area contributed by atoms with E-state index in [1.807, 2.05) is 35.0 Å². The normalized spacial score (nSPS) is 10.9. The van der Waals surface area contributed by atoms with Gasteiger partial charge in [-0.2, -0.15) is 5.10 Å². The number of hydrogen-bond acceptors (Lipinski definition) is 5. The number of nitrogens with zero attached hydrogens (tertiary/aromatic N) is 4. The number of nitrogens with one attached hydrogen (secondary N) is 1. The van der Waals surface area contributed by atoms with Crippen molar-refractivity contribution in [2.75, 3.05) is 13.2 Å². The number of esters is 1. The lowest BCUT2D eigenvalue weighted by molar-refractivity contribution is -0.142. The summed E-state index contributed by atoms with van der Waals surface area (Å²) in [7, 11) is 0. The van der Waals surface area contributed by atoms with Crippen molar-refractivity contribution in [3.63, 3.8) is 0 Å². The molecule has 2 aromatic heterocycles. The van der Waals surface area contributed by atoms with Crippen LogP contribution in [0.3, 0.4) is 0 Å². The summed E-state index contributed by atoms with van der Waals surface area (Å²) in [4.78, 5) is 15.7. The lowest BCUT2D eigenvalue weighted by Gasteiger charge is -2.12. The molecule has 4 aromatic rings. The first kappa shape index (κ1) is 20.5. The zero-order chi connectivity index (χ0) is 21.6. The van der Waals surface area contributed by atoms with Gasteiger partial charge >= 0.3 is 5.97 Å². The molecule has 2 aromatic carbocycles. The second-order valence-corrected chi connectivity index (χ2v) is 6.80. The van der Waals surface area contributed by atoms with Gasteiger partial charge < -0.3 is 14.6 Å². The third-order valence-corrected chi connectivity index (χ3v) is 4.76. The predicted molar refractivity (Wildman–Crippen MR) is 114 cm³/mol. The summed E-state index contributed by atoms with van der Waals surface area (Å²) in [5, 5.41) is 7.55. The molecule has 31 heavy (non-hydrogen) atoms. The number of carbonyl (C=O) groups is 1. The van der Waals surface area contributed by atoms with E-state index < -0.39 is 0 Å². The van der Waals surface area contributed by atoms with Gasteiger partial charge in [0.1, 0.15) is 5.82 Å². The zero-order valence-corrected chi connectivity index (χ0v) is 17.0. The summed E-state index contributed by atoms with van der Waals surface area (Å²) in [6.07, 6.45) is 6.99. The fourth-order valence-electron chi connectivity index (χ4n) is 3.34. The van der Waals surface area contributed by atoms with E-state index in [9.17, 15) is 9.18 Å². The first-order valence-electron chi connectivity index (χ1n) is 9.94. The van der Waals surface area contributed by atoms with Crippen LogP contribution in [0.2, 0.25) is 0 Å². The van der Waals surface area contributed by atoms with Gasteiger partial charge in [-0.05, 0) is 43.3 Å². The molecule has 158 valence electrons. The summed E-state index contributed by atoms with van der Waals surface area (Å²) in [5.41, 5.74) is 3.58. The molecular weight excluding hydrogens is 397 g/mol. The molecule has 1 N–H and O–H groups in total. The highest BCUT2D eigenvalue weighted by Gasteiger charge is 2.18. The van der Waals surface area contributed by atoms with Gasteiger partial charge in [0.05, 0.1) is 37.1 Å². The minimum absolute atomic E-state index is 0.0648. The van der Waals surface area contributed by atoms with Crippen LogP contribution in [0, 0.1) is 5.82 Å². The highest BCUT2D eigenvalue weighted by Crippen LogP contribution is 2.29.